The van der Waals surface area contributed by atoms with Crippen molar-refractivity contribution in [3.05, 3.63) is 29.3 Å². The summed E-state index contributed by atoms with van der Waals surface area (Å²) >= 11 is 5.97. The highest BCUT2D eigenvalue weighted by atomic mass is 35.5. The smallest absolute Gasteiger partial charge is 0.212 e. The summed E-state index contributed by atoms with van der Waals surface area (Å²) < 4.78 is 16.6. The molecule has 0 saturated carbocycles. The van der Waals surface area contributed by atoms with Gasteiger partial charge < -0.3 is 14.2 Å². The van der Waals surface area contributed by atoms with Crippen molar-refractivity contribution in [3.63, 3.8) is 0 Å². The second-order valence-electron chi connectivity index (χ2n) is 3.79. The lowest BCUT2D eigenvalue weighted by molar-refractivity contribution is -0.147. The zero-order valence-corrected chi connectivity index (χ0v) is 10.2. The van der Waals surface area contributed by atoms with Crippen molar-refractivity contribution in [3.8, 4) is 5.75 Å². The van der Waals surface area contributed by atoms with Crippen LogP contribution in [-0.4, -0.2) is 26.2 Å². The first-order chi connectivity index (χ1) is 7.72. The maximum absolute atomic E-state index is 5.97. The van der Waals surface area contributed by atoms with Crippen molar-refractivity contribution in [1.82, 2.24) is 0 Å². The van der Waals surface area contributed by atoms with Crippen LogP contribution in [0.15, 0.2) is 18.2 Å². The average molecular weight is 243 g/mol. The first kappa shape index (κ1) is 11.7. The van der Waals surface area contributed by atoms with Gasteiger partial charge in [0.15, 0.2) is 0 Å². The van der Waals surface area contributed by atoms with Gasteiger partial charge in [-0.15, -0.1) is 11.6 Å². The molecule has 1 aliphatic rings. The predicted molar refractivity (Wildman–Crippen MR) is 62.0 cm³/mol. The molecule has 0 spiro atoms. The van der Waals surface area contributed by atoms with E-state index in [-0.39, 0.29) is 5.88 Å². The number of ether oxygens (including phenoxy) is 3. The van der Waals surface area contributed by atoms with Gasteiger partial charge in [-0.1, -0.05) is 11.6 Å². The second kappa shape index (κ2) is 4.62. The van der Waals surface area contributed by atoms with Crippen molar-refractivity contribution in [1.29, 1.82) is 0 Å². The summed E-state index contributed by atoms with van der Waals surface area (Å²) in [6.45, 7) is 3.13. The van der Waals surface area contributed by atoms with Crippen LogP contribution in [0.4, 0.5) is 0 Å². The molecule has 0 aromatic heterocycles. The quantitative estimate of drug-likeness (QED) is 0.762. The van der Waals surface area contributed by atoms with Gasteiger partial charge in [0.25, 0.3) is 0 Å². The van der Waals surface area contributed by atoms with E-state index in [2.05, 4.69) is 0 Å². The van der Waals surface area contributed by atoms with E-state index >= 15 is 0 Å². The van der Waals surface area contributed by atoms with E-state index in [0.29, 0.717) is 13.2 Å². The maximum atomic E-state index is 5.97. The van der Waals surface area contributed by atoms with Crippen molar-refractivity contribution in [2.24, 2.45) is 0 Å². The lowest BCUT2D eigenvalue weighted by Crippen LogP contribution is -2.29. The monoisotopic (exact) mass is 242 g/mol. The summed E-state index contributed by atoms with van der Waals surface area (Å²) in [7, 11) is 1.63. The molecule has 16 heavy (non-hydrogen) atoms. The Bertz CT molecular complexity index is 373. The number of halogens is 1. The van der Waals surface area contributed by atoms with Gasteiger partial charge >= 0.3 is 0 Å². The highest BCUT2D eigenvalue weighted by Crippen LogP contribution is 2.38. The summed E-state index contributed by atoms with van der Waals surface area (Å²) in [4.78, 5) is 0. The number of hydrogen-bond donors (Lipinski definition) is 0. The third kappa shape index (κ3) is 1.90. The number of benzene rings is 1. The topological polar surface area (TPSA) is 27.7 Å². The Labute approximate surface area is 100 Å². The van der Waals surface area contributed by atoms with Gasteiger partial charge in [0.1, 0.15) is 5.75 Å². The molecule has 1 aromatic rings. The summed E-state index contributed by atoms with van der Waals surface area (Å²) in [5, 5.41) is 0. The molecule has 2 rings (SSSR count). The largest absolute Gasteiger partial charge is 0.496 e. The van der Waals surface area contributed by atoms with Crippen LogP contribution in [0.25, 0.3) is 0 Å². The molecular weight excluding hydrogens is 228 g/mol. The predicted octanol–water partition coefficient (Wildman–Crippen LogP) is 2.44. The molecule has 1 aliphatic heterocycles. The van der Waals surface area contributed by atoms with Gasteiger partial charge in [-0.25, -0.2) is 0 Å². The molecule has 1 aromatic carbocycles. The van der Waals surface area contributed by atoms with E-state index in [1.54, 1.807) is 7.11 Å². The minimum absolute atomic E-state index is 0.257. The van der Waals surface area contributed by atoms with Gasteiger partial charge in [-0.3, -0.25) is 0 Å². The first-order valence-electron chi connectivity index (χ1n) is 5.21. The Morgan fingerprint density at radius 3 is 2.62 bits per heavy atom. The SMILES string of the molecule is COc1ccc(C)cc1C1(CCl)OCCO1. The fourth-order valence-electron chi connectivity index (χ4n) is 1.88. The van der Waals surface area contributed by atoms with Crippen molar-refractivity contribution in [2.75, 3.05) is 26.2 Å². The van der Waals surface area contributed by atoms with E-state index in [1.807, 2.05) is 25.1 Å². The van der Waals surface area contributed by atoms with E-state index < -0.39 is 5.79 Å². The van der Waals surface area contributed by atoms with Gasteiger partial charge in [-0.05, 0) is 19.1 Å². The highest BCUT2D eigenvalue weighted by molar-refractivity contribution is 6.18. The van der Waals surface area contributed by atoms with Gasteiger partial charge in [-0.2, -0.15) is 0 Å². The van der Waals surface area contributed by atoms with Crippen LogP contribution in [0.3, 0.4) is 0 Å². The summed E-state index contributed by atoms with van der Waals surface area (Å²) in [5.74, 6) is 0.152. The van der Waals surface area contributed by atoms with Crippen LogP contribution in [0.1, 0.15) is 11.1 Å². The van der Waals surface area contributed by atoms with Crippen molar-refractivity contribution in [2.45, 2.75) is 12.7 Å². The molecule has 3 nitrogen and oxygen atoms in total. The molecular formula is C12H15ClO3. The molecule has 0 atom stereocenters. The lowest BCUT2D eigenvalue weighted by Gasteiger charge is -2.27. The standard InChI is InChI=1S/C12H15ClO3/c1-9-3-4-11(14-2)10(7-9)12(8-13)15-5-6-16-12/h3-4,7H,5-6,8H2,1-2H3. The second-order valence-corrected chi connectivity index (χ2v) is 4.05. The fourth-order valence-corrected chi connectivity index (χ4v) is 2.18. The third-order valence-electron chi connectivity index (χ3n) is 2.70. The highest BCUT2D eigenvalue weighted by Gasteiger charge is 2.40. The fraction of sp³-hybridized carbons (Fsp3) is 0.500. The average Bonchev–Trinajstić information content (AvgIpc) is 2.78. The Kier molecular flexibility index (Phi) is 3.38. The summed E-state index contributed by atoms with van der Waals surface area (Å²) in [6.07, 6.45) is 0. The molecule has 1 heterocycles. The number of methoxy groups -OCH3 is 1. The number of aryl methyl sites for hydroxylation is 1. The summed E-state index contributed by atoms with van der Waals surface area (Å²) in [5.41, 5.74) is 1.99. The molecule has 0 N–H and O–H groups in total. The van der Waals surface area contributed by atoms with E-state index in [1.165, 1.54) is 0 Å². The first-order valence-corrected chi connectivity index (χ1v) is 5.74. The number of alkyl halides is 1. The number of hydrogen-bond acceptors (Lipinski definition) is 3. The maximum Gasteiger partial charge on any atom is 0.212 e. The molecule has 1 fully saturated rings. The van der Waals surface area contributed by atoms with Crippen LogP contribution in [0.5, 0.6) is 5.75 Å². The zero-order valence-electron chi connectivity index (χ0n) is 9.46. The minimum atomic E-state index is -0.848. The number of rotatable bonds is 3. The Morgan fingerprint density at radius 1 is 1.38 bits per heavy atom. The van der Waals surface area contributed by atoms with Crippen LogP contribution >= 0.6 is 11.6 Å². The Morgan fingerprint density at radius 2 is 2.06 bits per heavy atom. The molecule has 4 heteroatoms. The Hall–Kier alpha value is -0.770. The summed E-state index contributed by atoms with van der Waals surface area (Å²) in [6, 6.07) is 5.88. The Balaban J connectivity index is 2.47. The molecule has 0 radical (unpaired) electrons. The molecule has 88 valence electrons. The third-order valence-corrected chi connectivity index (χ3v) is 3.05. The zero-order chi connectivity index (χ0) is 11.6. The minimum Gasteiger partial charge on any atom is -0.496 e. The van der Waals surface area contributed by atoms with E-state index in [9.17, 15) is 0 Å². The lowest BCUT2D eigenvalue weighted by atomic mass is 10.0. The van der Waals surface area contributed by atoms with Crippen LogP contribution < -0.4 is 4.74 Å². The molecule has 1 saturated heterocycles. The van der Waals surface area contributed by atoms with Crippen LogP contribution in [0, 0.1) is 6.92 Å². The molecule has 0 unspecified atom stereocenters. The normalized spacial score (nSPS) is 18.7. The van der Waals surface area contributed by atoms with Crippen molar-refractivity contribution >= 4 is 11.6 Å². The van der Waals surface area contributed by atoms with Crippen LogP contribution in [0.2, 0.25) is 0 Å². The van der Waals surface area contributed by atoms with E-state index in [0.717, 1.165) is 16.9 Å². The molecule has 0 aliphatic carbocycles. The van der Waals surface area contributed by atoms with E-state index in [4.69, 9.17) is 25.8 Å². The van der Waals surface area contributed by atoms with Crippen molar-refractivity contribution < 1.29 is 14.2 Å². The van der Waals surface area contributed by atoms with Gasteiger partial charge in [0.2, 0.25) is 5.79 Å². The van der Waals surface area contributed by atoms with Crippen LogP contribution in [-0.2, 0) is 15.3 Å². The van der Waals surface area contributed by atoms with Gasteiger partial charge in [0, 0.05) is 0 Å². The molecule has 0 amide bonds. The molecule has 0 bridgehead atoms. The van der Waals surface area contributed by atoms with Gasteiger partial charge in [0.05, 0.1) is 31.8 Å².